The quantitative estimate of drug-likeness (QED) is 0.637. The molecule has 7 heteroatoms. The number of ether oxygens (including phenoxy) is 2. The summed E-state index contributed by atoms with van der Waals surface area (Å²) >= 11 is 0. The van der Waals surface area contributed by atoms with Crippen LogP contribution in [0, 0.1) is 0 Å². The third-order valence-electron chi connectivity index (χ3n) is 3.97. The topological polar surface area (TPSA) is 69.0 Å². The van der Waals surface area contributed by atoms with E-state index < -0.39 is 0 Å². The lowest BCUT2D eigenvalue weighted by atomic mass is 10.2. The monoisotopic (exact) mass is 352 g/mol. The summed E-state index contributed by atoms with van der Waals surface area (Å²) in [6, 6.07) is 11.1. The van der Waals surface area contributed by atoms with Crippen LogP contribution in [0.4, 0.5) is 0 Å². The molecule has 1 amide bonds. The number of carbonyl (C=O) groups is 1. The molecule has 134 valence electrons. The first-order valence-electron chi connectivity index (χ1n) is 8.06. The van der Waals surface area contributed by atoms with Crippen molar-refractivity contribution in [3.8, 4) is 11.5 Å². The van der Waals surface area contributed by atoms with Crippen LogP contribution in [0.5, 0.6) is 11.5 Å². The maximum absolute atomic E-state index is 12.4. The molecule has 0 saturated carbocycles. The van der Waals surface area contributed by atoms with E-state index in [2.05, 4.69) is 10.2 Å². The number of pyridine rings is 1. The zero-order valence-corrected chi connectivity index (χ0v) is 14.9. The number of fused-ring (bicyclic) bond motifs is 1. The van der Waals surface area contributed by atoms with Crippen LogP contribution in [0.15, 0.2) is 48.7 Å². The van der Waals surface area contributed by atoms with E-state index in [4.69, 9.17) is 9.47 Å². The van der Waals surface area contributed by atoms with Crippen molar-refractivity contribution in [1.29, 1.82) is 0 Å². The number of amides is 1. The number of likely N-dealkylation sites (N-methyl/N-ethyl adjacent to an activating group) is 1. The minimum atomic E-state index is -0.132. The first kappa shape index (κ1) is 17.5. The van der Waals surface area contributed by atoms with E-state index in [-0.39, 0.29) is 5.91 Å². The summed E-state index contributed by atoms with van der Waals surface area (Å²) in [6.45, 7) is 0.361. The summed E-state index contributed by atoms with van der Waals surface area (Å²) in [5.41, 5.74) is 1.60. The van der Waals surface area contributed by atoms with E-state index >= 15 is 0 Å². The van der Waals surface area contributed by atoms with Crippen LogP contribution in [0.25, 0.3) is 11.7 Å². The fourth-order valence-corrected chi connectivity index (χ4v) is 2.54. The van der Waals surface area contributed by atoms with Crippen molar-refractivity contribution in [2.75, 3.05) is 21.3 Å². The summed E-state index contributed by atoms with van der Waals surface area (Å²) in [4.78, 5) is 14.0. The smallest absolute Gasteiger partial charge is 0.246 e. The predicted octanol–water partition coefficient (Wildman–Crippen LogP) is 2.42. The molecule has 0 bridgehead atoms. The van der Waals surface area contributed by atoms with Crippen LogP contribution >= 0.6 is 0 Å². The largest absolute Gasteiger partial charge is 0.493 e. The van der Waals surface area contributed by atoms with E-state index in [0.29, 0.717) is 23.9 Å². The highest BCUT2D eigenvalue weighted by atomic mass is 16.5. The molecule has 1 aromatic carbocycles. The van der Waals surface area contributed by atoms with Crippen molar-refractivity contribution in [3.63, 3.8) is 0 Å². The van der Waals surface area contributed by atoms with E-state index in [9.17, 15) is 4.79 Å². The average Bonchev–Trinajstić information content (AvgIpc) is 3.08. The van der Waals surface area contributed by atoms with Crippen molar-refractivity contribution in [2.24, 2.45) is 0 Å². The van der Waals surface area contributed by atoms with Crippen LogP contribution in [-0.4, -0.2) is 46.7 Å². The summed E-state index contributed by atoms with van der Waals surface area (Å²) < 4.78 is 12.3. The van der Waals surface area contributed by atoms with Gasteiger partial charge in [-0.05, 0) is 35.9 Å². The molecular weight excluding hydrogens is 332 g/mol. The fraction of sp³-hybridized carbons (Fsp3) is 0.211. The maximum Gasteiger partial charge on any atom is 0.246 e. The number of nitrogens with zero attached hydrogens (tertiary/aromatic N) is 4. The van der Waals surface area contributed by atoms with Gasteiger partial charge in [0, 0.05) is 19.3 Å². The van der Waals surface area contributed by atoms with Gasteiger partial charge in [-0.1, -0.05) is 12.1 Å². The van der Waals surface area contributed by atoms with Crippen LogP contribution in [0.1, 0.15) is 11.4 Å². The number of hydrogen-bond donors (Lipinski definition) is 0. The lowest BCUT2D eigenvalue weighted by Gasteiger charge is -2.13. The molecule has 0 spiro atoms. The highest BCUT2D eigenvalue weighted by molar-refractivity contribution is 5.91. The van der Waals surface area contributed by atoms with Gasteiger partial charge < -0.3 is 14.4 Å². The van der Waals surface area contributed by atoms with Crippen LogP contribution in [-0.2, 0) is 11.3 Å². The van der Waals surface area contributed by atoms with Crippen molar-refractivity contribution in [2.45, 2.75) is 6.54 Å². The zero-order chi connectivity index (χ0) is 18.5. The lowest BCUT2D eigenvalue weighted by Crippen LogP contribution is -2.25. The third-order valence-corrected chi connectivity index (χ3v) is 3.97. The van der Waals surface area contributed by atoms with Gasteiger partial charge >= 0.3 is 0 Å². The molecule has 2 heterocycles. The molecule has 0 saturated heterocycles. The molecule has 7 nitrogen and oxygen atoms in total. The molecule has 3 rings (SSSR count). The lowest BCUT2D eigenvalue weighted by molar-refractivity contribution is -0.125. The molecule has 0 radical (unpaired) electrons. The summed E-state index contributed by atoms with van der Waals surface area (Å²) in [7, 11) is 4.89. The molecule has 0 N–H and O–H groups in total. The van der Waals surface area contributed by atoms with Crippen LogP contribution < -0.4 is 9.47 Å². The Bertz CT molecular complexity index is 949. The van der Waals surface area contributed by atoms with Crippen molar-refractivity contribution in [3.05, 3.63) is 60.1 Å². The standard InChI is InChI=1S/C19H20N4O3/c1-22(13-18-21-20-17-6-4-5-11-23(17)18)19(24)10-8-14-7-9-15(25-2)16(12-14)26-3/h4-12H,13H2,1-3H3/b10-8-. The zero-order valence-electron chi connectivity index (χ0n) is 14.9. The Morgan fingerprint density at radius 3 is 2.73 bits per heavy atom. The summed E-state index contributed by atoms with van der Waals surface area (Å²) in [5, 5.41) is 8.23. The van der Waals surface area contributed by atoms with Crippen molar-refractivity contribution < 1.29 is 14.3 Å². The molecule has 2 aromatic heterocycles. The average molecular weight is 352 g/mol. The second kappa shape index (κ2) is 7.69. The molecule has 3 aromatic rings. The second-order valence-electron chi connectivity index (χ2n) is 5.69. The van der Waals surface area contributed by atoms with E-state index in [0.717, 1.165) is 11.2 Å². The number of carbonyl (C=O) groups excluding carboxylic acids is 1. The molecule has 0 aliphatic rings. The molecular formula is C19H20N4O3. The second-order valence-corrected chi connectivity index (χ2v) is 5.69. The van der Waals surface area contributed by atoms with Gasteiger partial charge in [-0.3, -0.25) is 9.20 Å². The van der Waals surface area contributed by atoms with E-state index in [1.807, 2.05) is 40.9 Å². The number of benzene rings is 1. The molecule has 0 aliphatic carbocycles. The first-order chi connectivity index (χ1) is 12.6. The van der Waals surface area contributed by atoms with Gasteiger partial charge in [0.1, 0.15) is 0 Å². The Morgan fingerprint density at radius 1 is 1.15 bits per heavy atom. The highest BCUT2D eigenvalue weighted by Crippen LogP contribution is 2.27. The van der Waals surface area contributed by atoms with Crippen LogP contribution in [0.2, 0.25) is 0 Å². The van der Waals surface area contributed by atoms with Gasteiger partial charge in [-0.2, -0.15) is 0 Å². The Morgan fingerprint density at radius 2 is 1.96 bits per heavy atom. The predicted molar refractivity (Wildman–Crippen MR) is 98.0 cm³/mol. The van der Waals surface area contributed by atoms with Gasteiger partial charge in [0.25, 0.3) is 0 Å². The van der Waals surface area contributed by atoms with Gasteiger partial charge in [0.05, 0.1) is 20.8 Å². The van der Waals surface area contributed by atoms with Crippen molar-refractivity contribution in [1.82, 2.24) is 19.5 Å². The third kappa shape index (κ3) is 3.66. The van der Waals surface area contributed by atoms with Crippen LogP contribution in [0.3, 0.4) is 0 Å². The molecule has 0 atom stereocenters. The number of hydrogen-bond acceptors (Lipinski definition) is 5. The molecule has 0 fully saturated rings. The Balaban J connectivity index is 1.70. The SMILES string of the molecule is COc1ccc(/C=C\C(=O)N(C)Cc2nnc3ccccn23)cc1OC. The van der Waals surface area contributed by atoms with E-state index in [1.165, 1.54) is 6.08 Å². The number of methoxy groups -OCH3 is 2. The minimum Gasteiger partial charge on any atom is -0.493 e. The highest BCUT2D eigenvalue weighted by Gasteiger charge is 2.11. The molecule has 0 unspecified atom stereocenters. The van der Waals surface area contributed by atoms with Gasteiger partial charge in [-0.25, -0.2) is 0 Å². The number of rotatable bonds is 6. The molecule has 26 heavy (non-hydrogen) atoms. The number of aromatic nitrogens is 3. The summed E-state index contributed by atoms with van der Waals surface area (Å²) in [5.74, 6) is 1.83. The van der Waals surface area contributed by atoms with Gasteiger partial charge in [-0.15, -0.1) is 10.2 Å². The van der Waals surface area contributed by atoms with Crippen molar-refractivity contribution >= 4 is 17.6 Å². The summed E-state index contributed by atoms with van der Waals surface area (Å²) in [6.07, 6.45) is 5.13. The fourth-order valence-electron chi connectivity index (χ4n) is 2.54. The van der Waals surface area contributed by atoms with E-state index in [1.54, 1.807) is 38.3 Å². The first-order valence-corrected chi connectivity index (χ1v) is 8.06. The Labute approximate surface area is 151 Å². The molecule has 0 aliphatic heterocycles. The Hall–Kier alpha value is -3.35. The minimum absolute atomic E-state index is 0.132. The Kier molecular flexibility index (Phi) is 5.17. The van der Waals surface area contributed by atoms with Gasteiger partial charge in [0.15, 0.2) is 23.0 Å². The normalized spacial score (nSPS) is 11.0. The van der Waals surface area contributed by atoms with Gasteiger partial charge in [0.2, 0.25) is 5.91 Å². The maximum atomic E-state index is 12.4.